The first-order chi connectivity index (χ1) is 15.1. The van der Waals surface area contributed by atoms with Crippen LogP contribution in [-0.2, 0) is 19.1 Å². The minimum absolute atomic E-state index is 0.00950. The zero-order valence-electron chi connectivity index (χ0n) is 17.5. The summed E-state index contributed by atoms with van der Waals surface area (Å²) < 4.78 is 4.96. The molecule has 2 aromatic carbocycles. The van der Waals surface area contributed by atoms with E-state index < -0.39 is 0 Å². The van der Waals surface area contributed by atoms with Crippen molar-refractivity contribution in [2.45, 2.75) is 44.4 Å². The van der Waals surface area contributed by atoms with E-state index in [0.717, 1.165) is 22.3 Å². The fourth-order valence-electron chi connectivity index (χ4n) is 5.35. The standard InChI is InChI=1S/C27H24O4/c1-2-31-22(29)14-8-3-9-16-15-21(28)25-23-17-10-4-6-12-19(17)24(26(25)27(16)30)20-13-7-5-11-18(20)23/h4-7,10-13,15,23-24H,2-3,8-9,14H2,1H3. The fourth-order valence-corrected chi connectivity index (χ4v) is 5.35. The second-order valence-electron chi connectivity index (χ2n) is 8.33. The van der Waals surface area contributed by atoms with E-state index in [9.17, 15) is 14.4 Å². The molecule has 0 aromatic heterocycles. The van der Waals surface area contributed by atoms with Gasteiger partial charge in [0.25, 0.3) is 0 Å². The number of hydrogen-bond donors (Lipinski definition) is 0. The maximum absolute atomic E-state index is 13.6. The molecule has 0 saturated heterocycles. The fraction of sp³-hybridized carbons (Fsp3) is 0.296. The molecular formula is C27H24O4. The van der Waals surface area contributed by atoms with Gasteiger partial charge in [-0.3, -0.25) is 14.4 Å². The predicted molar refractivity (Wildman–Crippen MR) is 117 cm³/mol. The summed E-state index contributed by atoms with van der Waals surface area (Å²) in [5.41, 5.74) is 6.42. The molecule has 0 unspecified atom stereocenters. The van der Waals surface area contributed by atoms with Crippen LogP contribution in [0.3, 0.4) is 0 Å². The number of unbranched alkanes of at least 4 members (excludes halogenated alkanes) is 1. The molecule has 2 bridgehead atoms. The van der Waals surface area contributed by atoms with Gasteiger partial charge in [-0.15, -0.1) is 0 Å². The average Bonchev–Trinajstić information content (AvgIpc) is 2.79. The van der Waals surface area contributed by atoms with Crippen molar-refractivity contribution in [1.29, 1.82) is 0 Å². The quantitative estimate of drug-likeness (QED) is 0.389. The van der Waals surface area contributed by atoms with Crippen LogP contribution < -0.4 is 0 Å². The molecule has 0 amide bonds. The highest BCUT2D eigenvalue weighted by atomic mass is 16.5. The van der Waals surface area contributed by atoms with Gasteiger partial charge in [0.2, 0.25) is 0 Å². The molecule has 0 aliphatic heterocycles. The average molecular weight is 412 g/mol. The lowest BCUT2D eigenvalue weighted by Crippen LogP contribution is -2.36. The molecule has 4 aliphatic rings. The van der Waals surface area contributed by atoms with Gasteiger partial charge < -0.3 is 4.74 Å². The van der Waals surface area contributed by atoms with E-state index in [0.29, 0.717) is 49.0 Å². The molecule has 31 heavy (non-hydrogen) atoms. The molecular weight excluding hydrogens is 388 g/mol. The van der Waals surface area contributed by atoms with Gasteiger partial charge in [-0.25, -0.2) is 0 Å². The topological polar surface area (TPSA) is 60.4 Å². The Bertz CT molecular complexity index is 1120. The third-order valence-corrected chi connectivity index (χ3v) is 6.59. The Labute approximate surface area is 181 Å². The van der Waals surface area contributed by atoms with E-state index in [2.05, 4.69) is 24.3 Å². The number of hydrogen-bond acceptors (Lipinski definition) is 4. The van der Waals surface area contributed by atoms with Crippen molar-refractivity contribution < 1.29 is 19.1 Å². The van der Waals surface area contributed by atoms with Crippen molar-refractivity contribution in [2.75, 3.05) is 6.61 Å². The number of ether oxygens (including phenoxy) is 1. The van der Waals surface area contributed by atoms with Crippen LogP contribution in [0.2, 0.25) is 0 Å². The first-order valence-corrected chi connectivity index (χ1v) is 11.0. The molecule has 4 heteroatoms. The molecule has 0 heterocycles. The summed E-state index contributed by atoms with van der Waals surface area (Å²) in [5, 5.41) is 0. The van der Waals surface area contributed by atoms with Crippen molar-refractivity contribution in [3.05, 3.63) is 93.6 Å². The van der Waals surface area contributed by atoms with Crippen molar-refractivity contribution in [3.8, 4) is 0 Å². The Kier molecular flexibility index (Phi) is 4.93. The lowest BCUT2D eigenvalue weighted by molar-refractivity contribution is -0.143. The van der Waals surface area contributed by atoms with E-state index >= 15 is 0 Å². The van der Waals surface area contributed by atoms with Gasteiger partial charge in [-0.2, -0.15) is 0 Å². The lowest BCUT2D eigenvalue weighted by atomic mass is 9.58. The zero-order chi connectivity index (χ0) is 21.5. The highest BCUT2D eigenvalue weighted by Crippen LogP contribution is 2.57. The van der Waals surface area contributed by atoms with E-state index in [1.807, 2.05) is 24.3 Å². The number of carbonyl (C=O) groups is 3. The van der Waals surface area contributed by atoms with Crippen molar-refractivity contribution in [2.24, 2.45) is 0 Å². The molecule has 0 N–H and O–H groups in total. The minimum Gasteiger partial charge on any atom is -0.466 e. The Morgan fingerprint density at radius 3 is 1.94 bits per heavy atom. The van der Waals surface area contributed by atoms with Crippen LogP contribution in [-0.4, -0.2) is 24.1 Å². The van der Waals surface area contributed by atoms with Gasteiger partial charge in [0.1, 0.15) is 0 Å². The van der Waals surface area contributed by atoms with Crippen molar-refractivity contribution in [1.82, 2.24) is 0 Å². The summed E-state index contributed by atoms with van der Waals surface area (Å²) in [4.78, 5) is 38.4. The van der Waals surface area contributed by atoms with Crippen LogP contribution in [0, 0.1) is 0 Å². The molecule has 0 fully saturated rings. The largest absolute Gasteiger partial charge is 0.466 e. The number of ketones is 2. The SMILES string of the molecule is CCOC(=O)CCCCC1=CC(=O)C2=C(C1=O)C1c3ccccc3C2c2ccccc21. The van der Waals surface area contributed by atoms with Gasteiger partial charge in [-0.1, -0.05) is 48.5 Å². The number of rotatable bonds is 6. The maximum Gasteiger partial charge on any atom is 0.305 e. The van der Waals surface area contributed by atoms with Crippen molar-refractivity contribution in [3.63, 3.8) is 0 Å². The Morgan fingerprint density at radius 1 is 0.839 bits per heavy atom. The Hall–Kier alpha value is -3.27. The Morgan fingerprint density at radius 2 is 1.39 bits per heavy atom. The first-order valence-electron chi connectivity index (χ1n) is 11.0. The molecule has 0 saturated carbocycles. The van der Waals surface area contributed by atoms with Gasteiger partial charge >= 0.3 is 5.97 Å². The molecule has 4 aliphatic carbocycles. The highest BCUT2D eigenvalue weighted by molar-refractivity contribution is 6.25. The summed E-state index contributed by atoms with van der Waals surface area (Å²) in [6, 6.07) is 16.3. The smallest absolute Gasteiger partial charge is 0.305 e. The molecule has 156 valence electrons. The number of benzene rings is 2. The molecule has 6 rings (SSSR count). The molecule has 0 spiro atoms. The third-order valence-electron chi connectivity index (χ3n) is 6.59. The number of allylic oxidation sites excluding steroid dienone is 4. The number of carbonyl (C=O) groups excluding carboxylic acids is 3. The van der Waals surface area contributed by atoms with Gasteiger partial charge in [0, 0.05) is 35.0 Å². The summed E-state index contributed by atoms with van der Waals surface area (Å²) in [5.74, 6) is -0.637. The predicted octanol–water partition coefficient (Wildman–Crippen LogP) is 4.78. The highest BCUT2D eigenvalue weighted by Gasteiger charge is 2.48. The van der Waals surface area contributed by atoms with Crippen LogP contribution >= 0.6 is 0 Å². The monoisotopic (exact) mass is 412 g/mol. The van der Waals surface area contributed by atoms with Crippen LogP contribution in [0.4, 0.5) is 0 Å². The molecule has 4 nitrogen and oxygen atoms in total. The second-order valence-corrected chi connectivity index (χ2v) is 8.33. The summed E-state index contributed by atoms with van der Waals surface area (Å²) in [6.45, 7) is 2.16. The van der Waals surface area contributed by atoms with Crippen LogP contribution in [0.1, 0.15) is 66.7 Å². The molecule has 0 atom stereocenters. The summed E-state index contributed by atoms with van der Waals surface area (Å²) in [6.07, 6.45) is 3.69. The molecule has 0 radical (unpaired) electrons. The summed E-state index contributed by atoms with van der Waals surface area (Å²) in [7, 11) is 0. The van der Waals surface area contributed by atoms with E-state index in [-0.39, 0.29) is 29.4 Å². The maximum atomic E-state index is 13.6. The second kappa shape index (κ2) is 7.77. The molecule has 2 aromatic rings. The van der Waals surface area contributed by atoms with Gasteiger partial charge in [0.15, 0.2) is 11.6 Å². The van der Waals surface area contributed by atoms with E-state index in [1.54, 1.807) is 6.92 Å². The van der Waals surface area contributed by atoms with Crippen LogP contribution in [0.25, 0.3) is 0 Å². The Balaban J connectivity index is 1.45. The van der Waals surface area contributed by atoms with Crippen molar-refractivity contribution >= 4 is 17.5 Å². The normalized spacial score (nSPS) is 20.7. The van der Waals surface area contributed by atoms with Gasteiger partial charge in [0.05, 0.1) is 6.61 Å². The van der Waals surface area contributed by atoms with E-state index in [1.165, 1.54) is 6.08 Å². The lowest BCUT2D eigenvalue weighted by Gasteiger charge is -2.43. The van der Waals surface area contributed by atoms with Gasteiger partial charge in [-0.05, 0) is 54.5 Å². The zero-order valence-corrected chi connectivity index (χ0v) is 17.5. The van der Waals surface area contributed by atoms with Crippen LogP contribution in [0.15, 0.2) is 71.3 Å². The van der Waals surface area contributed by atoms with E-state index in [4.69, 9.17) is 4.74 Å². The number of esters is 1. The van der Waals surface area contributed by atoms with Crippen LogP contribution in [0.5, 0.6) is 0 Å². The minimum atomic E-state index is -0.217. The number of Topliss-reactive ketones (excluding diaryl/α,β-unsaturated/α-hetero) is 1. The third kappa shape index (κ3) is 3.09. The summed E-state index contributed by atoms with van der Waals surface area (Å²) >= 11 is 0. The first kappa shape index (κ1) is 19.7.